The zero-order chi connectivity index (χ0) is 14.5. The van der Waals surface area contributed by atoms with E-state index in [1.165, 1.54) is 24.6 Å². The molecule has 3 nitrogen and oxygen atoms in total. The van der Waals surface area contributed by atoms with E-state index < -0.39 is 0 Å². The molecule has 0 bridgehead atoms. The first-order chi connectivity index (χ1) is 9.56. The third-order valence-electron chi connectivity index (χ3n) is 4.29. The molecule has 0 aromatic carbocycles. The molecule has 4 heteroatoms. The van der Waals surface area contributed by atoms with E-state index in [-0.39, 0.29) is 5.91 Å². The van der Waals surface area contributed by atoms with Gasteiger partial charge in [0.05, 0.1) is 10.8 Å². The molecule has 0 saturated heterocycles. The van der Waals surface area contributed by atoms with E-state index in [9.17, 15) is 4.79 Å². The number of thioether (sulfide) groups is 1. The van der Waals surface area contributed by atoms with E-state index in [0.717, 1.165) is 17.0 Å². The molecule has 0 radical (unpaired) electrons. The monoisotopic (exact) mass is 292 g/mol. The van der Waals surface area contributed by atoms with Gasteiger partial charge in [-0.3, -0.25) is 4.79 Å². The summed E-state index contributed by atoms with van der Waals surface area (Å²) in [6.07, 6.45) is 5.47. The molecule has 1 saturated carbocycles. The fourth-order valence-corrected chi connectivity index (χ4v) is 3.37. The van der Waals surface area contributed by atoms with E-state index in [0.29, 0.717) is 23.6 Å². The normalized spacial score (nSPS) is 26.2. The zero-order valence-electron chi connectivity index (χ0n) is 12.6. The van der Waals surface area contributed by atoms with Crippen LogP contribution in [0.15, 0.2) is 23.4 Å². The lowest BCUT2D eigenvalue weighted by Gasteiger charge is -2.34. The molecular weight excluding hydrogens is 268 g/mol. The molecule has 1 amide bonds. The number of aromatic nitrogens is 1. The minimum Gasteiger partial charge on any atom is -0.352 e. The van der Waals surface area contributed by atoms with Crippen molar-refractivity contribution in [1.29, 1.82) is 0 Å². The third kappa shape index (κ3) is 4.23. The molecule has 1 aliphatic rings. The minimum absolute atomic E-state index is 0.128. The van der Waals surface area contributed by atoms with Gasteiger partial charge in [-0.1, -0.05) is 44.5 Å². The molecule has 110 valence electrons. The highest BCUT2D eigenvalue weighted by molar-refractivity contribution is 7.99. The molecule has 0 spiro atoms. The maximum absolute atomic E-state index is 12.0. The van der Waals surface area contributed by atoms with Gasteiger partial charge in [-0.25, -0.2) is 4.98 Å². The molecule has 3 unspecified atom stereocenters. The number of carbonyl (C=O) groups excluding carboxylic acids is 1. The Kier molecular flexibility index (Phi) is 5.46. The van der Waals surface area contributed by atoms with Crippen LogP contribution in [0.5, 0.6) is 0 Å². The fraction of sp³-hybridized carbons (Fsp3) is 0.625. The second-order valence-corrected chi connectivity index (χ2v) is 6.90. The molecule has 1 N–H and O–H groups in total. The van der Waals surface area contributed by atoms with Crippen LogP contribution in [0.3, 0.4) is 0 Å². The van der Waals surface area contributed by atoms with Crippen molar-refractivity contribution in [3.05, 3.63) is 23.9 Å². The van der Waals surface area contributed by atoms with E-state index >= 15 is 0 Å². The highest BCUT2D eigenvalue weighted by Gasteiger charge is 2.27. The van der Waals surface area contributed by atoms with Crippen LogP contribution in [-0.2, 0) is 4.79 Å². The topological polar surface area (TPSA) is 42.0 Å². The van der Waals surface area contributed by atoms with Gasteiger partial charge in [0.2, 0.25) is 5.91 Å². The van der Waals surface area contributed by atoms with Gasteiger partial charge in [0.15, 0.2) is 0 Å². The Morgan fingerprint density at radius 1 is 1.40 bits per heavy atom. The Balaban J connectivity index is 1.79. The standard InChI is InChI=1S/C16H24N2OS/c1-11-7-8-16(17-9-11)20-10-15(19)18-14-6-4-5-12(2)13(14)3/h7-9,12-14H,4-6,10H2,1-3H3,(H,18,19). The smallest absolute Gasteiger partial charge is 0.230 e. The Bertz CT molecular complexity index is 446. The van der Waals surface area contributed by atoms with Crippen LogP contribution >= 0.6 is 11.8 Å². The summed E-state index contributed by atoms with van der Waals surface area (Å²) in [6, 6.07) is 4.34. The predicted molar refractivity (Wildman–Crippen MR) is 83.8 cm³/mol. The lowest BCUT2D eigenvalue weighted by Crippen LogP contribution is -2.44. The number of nitrogens with one attached hydrogen (secondary N) is 1. The van der Waals surface area contributed by atoms with Gasteiger partial charge < -0.3 is 5.32 Å². The first kappa shape index (κ1) is 15.4. The number of hydrogen-bond donors (Lipinski definition) is 1. The molecule has 1 aromatic heterocycles. The molecule has 1 aliphatic carbocycles. The summed E-state index contributed by atoms with van der Waals surface area (Å²) >= 11 is 1.50. The quantitative estimate of drug-likeness (QED) is 0.865. The van der Waals surface area contributed by atoms with E-state index in [2.05, 4.69) is 24.1 Å². The molecule has 3 atom stereocenters. The first-order valence-electron chi connectivity index (χ1n) is 7.41. The van der Waals surface area contributed by atoms with Gasteiger partial charge in [0.25, 0.3) is 0 Å². The Morgan fingerprint density at radius 3 is 2.90 bits per heavy atom. The second-order valence-electron chi connectivity index (χ2n) is 5.90. The Hall–Kier alpha value is -1.03. The maximum atomic E-state index is 12.0. The molecule has 2 rings (SSSR count). The van der Waals surface area contributed by atoms with Crippen molar-refractivity contribution >= 4 is 17.7 Å². The summed E-state index contributed by atoms with van der Waals surface area (Å²) in [6.45, 7) is 6.55. The summed E-state index contributed by atoms with van der Waals surface area (Å²) < 4.78 is 0. The van der Waals surface area contributed by atoms with Gasteiger partial charge in [-0.15, -0.1) is 0 Å². The molecule has 1 aromatic rings. The van der Waals surface area contributed by atoms with Crippen molar-refractivity contribution in [1.82, 2.24) is 10.3 Å². The van der Waals surface area contributed by atoms with Gasteiger partial charge in [-0.05, 0) is 36.8 Å². The number of nitrogens with zero attached hydrogens (tertiary/aromatic N) is 1. The van der Waals surface area contributed by atoms with Crippen LogP contribution in [0.2, 0.25) is 0 Å². The average Bonchev–Trinajstić information content (AvgIpc) is 2.43. The van der Waals surface area contributed by atoms with Crippen molar-refractivity contribution < 1.29 is 4.79 Å². The van der Waals surface area contributed by atoms with Crippen molar-refractivity contribution in [2.45, 2.75) is 51.1 Å². The summed E-state index contributed by atoms with van der Waals surface area (Å²) in [5, 5.41) is 4.11. The molecule has 1 fully saturated rings. The maximum Gasteiger partial charge on any atom is 0.230 e. The van der Waals surface area contributed by atoms with E-state index in [1.807, 2.05) is 25.3 Å². The fourth-order valence-electron chi connectivity index (χ4n) is 2.71. The van der Waals surface area contributed by atoms with Crippen molar-refractivity contribution in [2.24, 2.45) is 11.8 Å². The largest absolute Gasteiger partial charge is 0.352 e. The number of pyridine rings is 1. The predicted octanol–water partition coefficient (Wildman–Crippen LogP) is 3.42. The van der Waals surface area contributed by atoms with Gasteiger partial charge in [0.1, 0.15) is 0 Å². The van der Waals surface area contributed by atoms with Crippen LogP contribution in [0, 0.1) is 18.8 Å². The molecular formula is C16H24N2OS. The molecule has 0 aliphatic heterocycles. The van der Waals surface area contributed by atoms with Crippen LogP contribution in [-0.4, -0.2) is 22.7 Å². The molecule has 1 heterocycles. The number of rotatable bonds is 4. The summed E-state index contributed by atoms with van der Waals surface area (Å²) in [5.41, 5.74) is 1.14. The number of amides is 1. The average molecular weight is 292 g/mol. The second kappa shape index (κ2) is 7.11. The highest BCUT2D eigenvalue weighted by Crippen LogP contribution is 2.29. The van der Waals surface area contributed by atoms with Crippen LogP contribution < -0.4 is 5.32 Å². The van der Waals surface area contributed by atoms with Crippen molar-refractivity contribution in [3.63, 3.8) is 0 Å². The van der Waals surface area contributed by atoms with Crippen molar-refractivity contribution in [2.75, 3.05) is 5.75 Å². The Labute approximate surface area is 125 Å². The lowest BCUT2D eigenvalue weighted by atomic mass is 9.78. The van der Waals surface area contributed by atoms with Crippen LogP contribution in [0.1, 0.15) is 38.7 Å². The van der Waals surface area contributed by atoms with Crippen LogP contribution in [0.4, 0.5) is 0 Å². The number of aryl methyl sites for hydroxylation is 1. The summed E-state index contributed by atoms with van der Waals surface area (Å²) in [4.78, 5) is 16.4. The molecule has 20 heavy (non-hydrogen) atoms. The van der Waals surface area contributed by atoms with E-state index in [1.54, 1.807) is 0 Å². The SMILES string of the molecule is Cc1ccc(SCC(=O)NC2CCCC(C)C2C)nc1. The summed E-state index contributed by atoms with van der Waals surface area (Å²) in [5.74, 6) is 1.87. The first-order valence-corrected chi connectivity index (χ1v) is 8.39. The lowest BCUT2D eigenvalue weighted by molar-refractivity contribution is -0.119. The zero-order valence-corrected chi connectivity index (χ0v) is 13.4. The number of carbonyl (C=O) groups is 1. The summed E-state index contributed by atoms with van der Waals surface area (Å²) in [7, 11) is 0. The number of hydrogen-bond acceptors (Lipinski definition) is 3. The van der Waals surface area contributed by atoms with Crippen LogP contribution in [0.25, 0.3) is 0 Å². The van der Waals surface area contributed by atoms with Crippen molar-refractivity contribution in [3.8, 4) is 0 Å². The third-order valence-corrected chi connectivity index (χ3v) is 5.23. The van der Waals surface area contributed by atoms with Gasteiger partial charge in [0, 0.05) is 12.2 Å². The van der Waals surface area contributed by atoms with Gasteiger partial charge in [-0.2, -0.15) is 0 Å². The van der Waals surface area contributed by atoms with E-state index in [4.69, 9.17) is 0 Å². The Morgan fingerprint density at radius 2 is 2.20 bits per heavy atom. The highest BCUT2D eigenvalue weighted by atomic mass is 32.2. The van der Waals surface area contributed by atoms with Gasteiger partial charge >= 0.3 is 0 Å². The minimum atomic E-state index is 0.128.